The van der Waals surface area contributed by atoms with Gasteiger partial charge in [0.2, 0.25) is 0 Å². The summed E-state index contributed by atoms with van der Waals surface area (Å²) >= 11 is 3.60. The van der Waals surface area contributed by atoms with E-state index < -0.39 is 0 Å². The molecule has 0 N–H and O–H groups in total. The van der Waals surface area contributed by atoms with Gasteiger partial charge in [0.05, 0.1) is 0 Å². The van der Waals surface area contributed by atoms with Crippen LogP contribution in [-0.2, 0) is 6.42 Å². The van der Waals surface area contributed by atoms with Gasteiger partial charge in [-0.25, -0.2) is 0 Å². The van der Waals surface area contributed by atoms with E-state index in [4.69, 9.17) is 0 Å². The van der Waals surface area contributed by atoms with Crippen molar-refractivity contribution in [3.8, 4) is 0 Å². The molecule has 0 unspecified atom stereocenters. The van der Waals surface area contributed by atoms with E-state index in [-0.39, 0.29) is 0 Å². The van der Waals surface area contributed by atoms with E-state index in [0.29, 0.717) is 5.92 Å². The zero-order valence-corrected chi connectivity index (χ0v) is 9.42. The minimum atomic E-state index is 0.677. The van der Waals surface area contributed by atoms with E-state index in [9.17, 15) is 0 Å². The molecule has 1 heteroatoms. The first-order chi connectivity index (χ1) is 6.90. The van der Waals surface area contributed by atoms with Gasteiger partial charge in [0, 0.05) is 5.33 Å². The molecule has 1 aliphatic rings. The smallest absolute Gasteiger partial charge is 0.0104 e. The molecule has 1 atom stereocenters. The van der Waals surface area contributed by atoms with Crippen molar-refractivity contribution in [2.75, 3.05) is 5.33 Å². The zero-order valence-electron chi connectivity index (χ0n) is 7.83. The highest BCUT2D eigenvalue weighted by molar-refractivity contribution is 9.09. The van der Waals surface area contributed by atoms with Crippen LogP contribution in [-0.4, -0.2) is 5.33 Å². The van der Waals surface area contributed by atoms with E-state index in [1.807, 2.05) is 0 Å². The molecule has 0 nitrogen and oxygen atoms in total. The molecule has 0 radical (unpaired) electrons. The first-order valence-corrected chi connectivity index (χ1v) is 6.09. The third-order valence-electron chi connectivity index (χ3n) is 3.12. The van der Waals surface area contributed by atoms with Crippen LogP contribution in [0.4, 0.5) is 0 Å². The first kappa shape index (κ1) is 8.49. The third-order valence-corrected chi connectivity index (χ3v) is 3.90. The molecule has 0 bridgehead atoms. The van der Waals surface area contributed by atoms with E-state index in [2.05, 4.69) is 52.3 Å². The second-order valence-corrected chi connectivity index (χ2v) is 4.57. The molecule has 2 aromatic rings. The molecule has 0 saturated heterocycles. The molecule has 0 saturated carbocycles. The summed E-state index contributed by atoms with van der Waals surface area (Å²) in [6, 6.07) is 13.3. The van der Waals surface area contributed by atoms with Gasteiger partial charge in [0.25, 0.3) is 0 Å². The van der Waals surface area contributed by atoms with E-state index in [1.54, 1.807) is 0 Å². The maximum absolute atomic E-state index is 3.60. The molecule has 0 amide bonds. The van der Waals surface area contributed by atoms with Gasteiger partial charge < -0.3 is 0 Å². The molecule has 0 aromatic heterocycles. The third kappa shape index (κ3) is 1.05. The summed E-state index contributed by atoms with van der Waals surface area (Å²) in [7, 11) is 0. The molecule has 0 heterocycles. The average Bonchev–Trinajstić information content (AvgIpc) is 2.60. The number of hydrogen-bond donors (Lipinski definition) is 0. The fraction of sp³-hybridized carbons (Fsp3) is 0.231. The van der Waals surface area contributed by atoms with Crippen LogP contribution >= 0.6 is 15.9 Å². The number of benzene rings is 2. The Morgan fingerprint density at radius 3 is 2.71 bits per heavy atom. The summed E-state index contributed by atoms with van der Waals surface area (Å²) in [5.74, 6) is 0.677. The number of alkyl halides is 1. The van der Waals surface area contributed by atoms with Crippen LogP contribution in [0.15, 0.2) is 36.4 Å². The summed E-state index contributed by atoms with van der Waals surface area (Å²) < 4.78 is 0. The second kappa shape index (κ2) is 3.09. The van der Waals surface area contributed by atoms with Crippen molar-refractivity contribution >= 4 is 26.7 Å². The van der Waals surface area contributed by atoms with Crippen LogP contribution in [0.5, 0.6) is 0 Å². The highest BCUT2D eigenvalue weighted by atomic mass is 79.9. The Morgan fingerprint density at radius 2 is 1.93 bits per heavy atom. The van der Waals surface area contributed by atoms with Crippen LogP contribution in [0, 0.1) is 0 Å². The summed E-state index contributed by atoms with van der Waals surface area (Å²) in [4.78, 5) is 0. The summed E-state index contributed by atoms with van der Waals surface area (Å²) in [6.45, 7) is 0. The molecule has 1 aliphatic carbocycles. The quantitative estimate of drug-likeness (QED) is 0.671. The predicted molar refractivity (Wildman–Crippen MR) is 64.2 cm³/mol. The van der Waals surface area contributed by atoms with Gasteiger partial charge >= 0.3 is 0 Å². The lowest BCUT2D eigenvalue weighted by Crippen LogP contribution is -1.96. The highest BCUT2D eigenvalue weighted by Crippen LogP contribution is 2.38. The van der Waals surface area contributed by atoms with Crippen molar-refractivity contribution in [1.29, 1.82) is 0 Å². The summed E-state index contributed by atoms with van der Waals surface area (Å²) in [5, 5.41) is 3.96. The molecular formula is C13H11Br. The lowest BCUT2D eigenvalue weighted by Gasteiger charge is -2.06. The minimum absolute atomic E-state index is 0.677. The molecule has 14 heavy (non-hydrogen) atoms. The predicted octanol–water partition coefficient (Wildman–Crippen LogP) is 3.87. The monoisotopic (exact) mass is 246 g/mol. The largest absolute Gasteiger partial charge is 0.0921 e. The normalized spacial score (nSPS) is 19.1. The SMILES string of the molecule is BrC[C@@H]1Cc2cccc3cccc1c23. The maximum atomic E-state index is 3.60. The van der Waals surface area contributed by atoms with Crippen molar-refractivity contribution < 1.29 is 0 Å². The van der Waals surface area contributed by atoms with Crippen molar-refractivity contribution in [2.45, 2.75) is 12.3 Å². The Kier molecular flexibility index (Phi) is 1.88. The fourth-order valence-corrected chi connectivity index (χ4v) is 3.05. The lowest BCUT2D eigenvalue weighted by molar-refractivity contribution is 0.816. The van der Waals surface area contributed by atoms with Crippen LogP contribution < -0.4 is 0 Å². The van der Waals surface area contributed by atoms with Crippen LogP contribution in [0.1, 0.15) is 17.0 Å². The molecule has 2 aromatic carbocycles. The number of rotatable bonds is 1. The van der Waals surface area contributed by atoms with Gasteiger partial charge in [-0.2, -0.15) is 0 Å². The topological polar surface area (TPSA) is 0 Å². The lowest BCUT2D eigenvalue weighted by atomic mass is 10.0. The minimum Gasteiger partial charge on any atom is -0.0921 e. The Labute approximate surface area is 92.1 Å². The van der Waals surface area contributed by atoms with Crippen molar-refractivity contribution in [3.63, 3.8) is 0 Å². The van der Waals surface area contributed by atoms with Gasteiger partial charge in [-0.05, 0) is 34.2 Å². The Balaban J connectivity index is 2.38. The van der Waals surface area contributed by atoms with Crippen LogP contribution in [0.25, 0.3) is 10.8 Å². The van der Waals surface area contributed by atoms with Crippen LogP contribution in [0.2, 0.25) is 0 Å². The van der Waals surface area contributed by atoms with E-state index in [0.717, 1.165) is 5.33 Å². The van der Waals surface area contributed by atoms with Gasteiger partial charge in [-0.15, -0.1) is 0 Å². The zero-order chi connectivity index (χ0) is 9.54. The fourth-order valence-electron chi connectivity index (χ4n) is 2.47. The maximum Gasteiger partial charge on any atom is 0.0104 e. The van der Waals surface area contributed by atoms with E-state index in [1.165, 1.54) is 28.3 Å². The molecule has 0 spiro atoms. The van der Waals surface area contributed by atoms with Crippen LogP contribution in [0.3, 0.4) is 0 Å². The summed E-state index contributed by atoms with van der Waals surface area (Å²) in [5.41, 5.74) is 3.04. The Hall–Kier alpha value is -0.820. The van der Waals surface area contributed by atoms with Crippen molar-refractivity contribution in [3.05, 3.63) is 47.5 Å². The molecular weight excluding hydrogens is 236 g/mol. The number of hydrogen-bond acceptors (Lipinski definition) is 0. The standard InChI is InChI=1S/C13H11Br/c14-8-11-7-10-5-1-3-9-4-2-6-12(11)13(9)10/h1-6,11H,7-8H2/t11-/m0/s1. The molecule has 0 aliphatic heterocycles. The van der Waals surface area contributed by atoms with E-state index >= 15 is 0 Å². The second-order valence-electron chi connectivity index (χ2n) is 3.92. The highest BCUT2D eigenvalue weighted by Gasteiger charge is 2.22. The summed E-state index contributed by atoms with van der Waals surface area (Å²) in [6.07, 6.45) is 1.20. The molecule has 70 valence electrons. The molecule has 3 rings (SSSR count). The van der Waals surface area contributed by atoms with Crippen molar-refractivity contribution in [1.82, 2.24) is 0 Å². The number of halogens is 1. The first-order valence-electron chi connectivity index (χ1n) is 4.96. The van der Waals surface area contributed by atoms with Gasteiger partial charge in [0.1, 0.15) is 0 Å². The van der Waals surface area contributed by atoms with Gasteiger partial charge in [0.15, 0.2) is 0 Å². The molecule has 0 fully saturated rings. The Bertz CT molecular complexity index is 482. The Morgan fingerprint density at radius 1 is 1.14 bits per heavy atom. The average molecular weight is 247 g/mol. The van der Waals surface area contributed by atoms with Gasteiger partial charge in [-0.3, -0.25) is 0 Å². The van der Waals surface area contributed by atoms with Crippen molar-refractivity contribution in [2.24, 2.45) is 0 Å². The van der Waals surface area contributed by atoms with Gasteiger partial charge in [-0.1, -0.05) is 52.3 Å².